The molecule has 2 aromatic rings. The summed E-state index contributed by atoms with van der Waals surface area (Å²) < 4.78 is 0. The van der Waals surface area contributed by atoms with Crippen LogP contribution < -0.4 is 0 Å². The van der Waals surface area contributed by atoms with Gasteiger partial charge in [0.1, 0.15) is 0 Å². The Kier molecular flexibility index (Phi) is 2.74. The number of nitrogens with zero attached hydrogens (tertiary/aromatic N) is 1. The first kappa shape index (κ1) is 11.9. The Hall–Kier alpha value is -1.87. The fourth-order valence-electron chi connectivity index (χ4n) is 3.15. The lowest BCUT2D eigenvalue weighted by Gasteiger charge is -2.36. The van der Waals surface area contributed by atoms with Crippen molar-refractivity contribution in [2.45, 2.75) is 18.8 Å². The summed E-state index contributed by atoms with van der Waals surface area (Å²) in [4.78, 5) is 16.1. The third-order valence-corrected chi connectivity index (χ3v) is 5.17. The maximum atomic E-state index is 12.8. The summed E-state index contributed by atoms with van der Waals surface area (Å²) in [6.45, 7) is 0.817. The number of hydrogen-bond acceptors (Lipinski definition) is 2. The molecule has 0 N–H and O–H groups in total. The summed E-state index contributed by atoms with van der Waals surface area (Å²) in [5.41, 5.74) is 3.66. The van der Waals surface area contributed by atoms with Crippen LogP contribution in [0.25, 0.3) is 5.70 Å². The topological polar surface area (TPSA) is 20.3 Å². The van der Waals surface area contributed by atoms with Crippen LogP contribution in [0.15, 0.2) is 47.9 Å². The van der Waals surface area contributed by atoms with E-state index in [2.05, 4.69) is 29.7 Å². The molecule has 0 saturated heterocycles. The number of hydrogen-bond donors (Lipinski definition) is 0. The van der Waals surface area contributed by atoms with Gasteiger partial charge in [0.2, 0.25) is 5.91 Å². The van der Waals surface area contributed by atoms with Gasteiger partial charge in [-0.1, -0.05) is 36.4 Å². The van der Waals surface area contributed by atoms with Crippen molar-refractivity contribution in [3.63, 3.8) is 0 Å². The Morgan fingerprint density at radius 3 is 2.85 bits per heavy atom. The van der Waals surface area contributed by atoms with E-state index >= 15 is 0 Å². The Labute approximate surface area is 122 Å². The second kappa shape index (κ2) is 4.60. The van der Waals surface area contributed by atoms with E-state index in [4.69, 9.17) is 0 Å². The number of carbonyl (C=O) groups is 1. The van der Waals surface area contributed by atoms with Gasteiger partial charge in [0.05, 0.1) is 16.5 Å². The summed E-state index contributed by atoms with van der Waals surface area (Å²) >= 11 is 1.75. The predicted octanol–water partition coefficient (Wildman–Crippen LogP) is 3.66. The van der Waals surface area contributed by atoms with E-state index in [0.29, 0.717) is 0 Å². The molecular formula is C17H15NOS. The third kappa shape index (κ3) is 1.74. The lowest BCUT2D eigenvalue weighted by molar-refractivity contribution is -0.130. The van der Waals surface area contributed by atoms with Crippen LogP contribution in [0.3, 0.4) is 0 Å². The molecule has 3 heteroatoms. The van der Waals surface area contributed by atoms with Crippen LogP contribution in [-0.2, 0) is 11.2 Å². The van der Waals surface area contributed by atoms with Crippen LogP contribution >= 0.6 is 11.3 Å². The van der Waals surface area contributed by atoms with Crippen molar-refractivity contribution < 1.29 is 4.79 Å². The number of amides is 1. The molecule has 4 rings (SSSR count). The molecule has 20 heavy (non-hydrogen) atoms. The first-order valence-electron chi connectivity index (χ1n) is 6.98. The van der Waals surface area contributed by atoms with E-state index in [1.165, 1.54) is 10.4 Å². The molecule has 0 saturated carbocycles. The minimum absolute atomic E-state index is 0.0125. The standard InChI is InChI=1S/C17H15NOS/c19-17-14(12-4-2-1-3-5-12)6-7-15-16-13(9-11-20-16)8-10-18(15)17/h1-5,7,9,11,14H,6,8,10H2. The summed E-state index contributed by atoms with van der Waals surface area (Å²) in [6, 6.07) is 12.3. The van der Waals surface area contributed by atoms with Crippen molar-refractivity contribution >= 4 is 22.9 Å². The molecule has 0 bridgehead atoms. The highest BCUT2D eigenvalue weighted by Gasteiger charge is 2.35. The lowest BCUT2D eigenvalue weighted by atomic mass is 9.88. The molecule has 1 aromatic carbocycles. The van der Waals surface area contributed by atoms with E-state index in [0.717, 1.165) is 30.6 Å². The van der Waals surface area contributed by atoms with Crippen LogP contribution in [0.4, 0.5) is 0 Å². The van der Waals surface area contributed by atoms with Crippen molar-refractivity contribution in [2.75, 3.05) is 6.54 Å². The Balaban J connectivity index is 1.74. The fraction of sp³-hybridized carbons (Fsp3) is 0.235. The van der Waals surface area contributed by atoms with Crippen LogP contribution in [-0.4, -0.2) is 17.4 Å². The molecule has 1 unspecified atom stereocenters. The molecule has 3 heterocycles. The monoisotopic (exact) mass is 281 g/mol. The van der Waals surface area contributed by atoms with E-state index in [1.807, 2.05) is 23.1 Å². The SMILES string of the molecule is O=C1C(c2ccccc2)CC=C2c3sccc3CCN12. The first-order chi connectivity index (χ1) is 9.84. The zero-order valence-corrected chi connectivity index (χ0v) is 11.9. The maximum absolute atomic E-state index is 12.8. The predicted molar refractivity (Wildman–Crippen MR) is 81.5 cm³/mol. The molecular weight excluding hydrogens is 266 g/mol. The molecule has 0 aliphatic carbocycles. The highest BCUT2D eigenvalue weighted by Crippen LogP contribution is 2.39. The summed E-state index contributed by atoms with van der Waals surface area (Å²) in [6.07, 6.45) is 4.03. The minimum atomic E-state index is -0.0125. The Morgan fingerprint density at radius 2 is 2.00 bits per heavy atom. The van der Waals surface area contributed by atoms with Crippen LogP contribution in [0.5, 0.6) is 0 Å². The summed E-state index contributed by atoms with van der Waals surface area (Å²) in [5, 5.41) is 2.13. The van der Waals surface area contributed by atoms with Gasteiger partial charge in [-0.15, -0.1) is 11.3 Å². The van der Waals surface area contributed by atoms with Gasteiger partial charge in [-0.2, -0.15) is 0 Å². The van der Waals surface area contributed by atoms with E-state index in [-0.39, 0.29) is 11.8 Å². The smallest absolute Gasteiger partial charge is 0.234 e. The maximum Gasteiger partial charge on any atom is 0.234 e. The molecule has 0 fully saturated rings. The number of fused-ring (bicyclic) bond motifs is 3. The largest absolute Gasteiger partial charge is 0.310 e. The van der Waals surface area contributed by atoms with E-state index < -0.39 is 0 Å². The zero-order valence-electron chi connectivity index (χ0n) is 11.1. The number of rotatable bonds is 1. The molecule has 2 nitrogen and oxygen atoms in total. The highest BCUT2D eigenvalue weighted by atomic mass is 32.1. The van der Waals surface area contributed by atoms with Crippen molar-refractivity contribution in [1.29, 1.82) is 0 Å². The third-order valence-electron chi connectivity index (χ3n) is 4.19. The van der Waals surface area contributed by atoms with Gasteiger partial charge in [0, 0.05) is 6.54 Å². The van der Waals surface area contributed by atoms with Crippen LogP contribution in [0, 0.1) is 0 Å². The van der Waals surface area contributed by atoms with Crippen molar-refractivity contribution in [2.24, 2.45) is 0 Å². The first-order valence-corrected chi connectivity index (χ1v) is 7.86. The van der Waals surface area contributed by atoms with E-state index in [1.54, 1.807) is 11.3 Å². The number of carbonyl (C=O) groups excluding carboxylic acids is 1. The second-order valence-corrected chi connectivity index (χ2v) is 6.22. The van der Waals surface area contributed by atoms with Gasteiger partial charge in [-0.25, -0.2) is 0 Å². The zero-order chi connectivity index (χ0) is 13.5. The average molecular weight is 281 g/mol. The molecule has 1 amide bonds. The van der Waals surface area contributed by atoms with Gasteiger partial charge in [-0.3, -0.25) is 4.79 Å². The molecule has 100 valence electrons. The second-order valence-electron chi connectivity index (χ2n) is 5.30. The van der Waals surface area contributed by atoms with Crippen LogP contribution in [0.2, 0.25) is 0 Å². The summed E-state index contributed by atoms with van der Waals surface area (Å²) in [5.74, 6) is 0.245. The normalized spacial score (nSPS) is 21.2. The Morgan fingerprint density at radius 1 is 1.15 bits per heavy atom. The van der Waals surface area contributed by atoms with Crippen LogP contribution in [0.1, 0.15) is 28.3 Å². The van der Waals surface area contributed by atoms with E-state index in [9.17, 15) is 4.79 Å². The van der Waals surface area contributed by atoms with Crippen molar-refractivity contribution in [3.8, 4) is 0 Å². The molecule has 0 spiro atoms. The Bertz CT molecular complexity index is 686. The minimum Gasteiger partial charge on any atom is -0.310 e. The molecule has 2 aliphatic rings. The van der Waals surface area contributed by atoms with Gasteiger partial charge in [0.15, 0.2) is 0 Å². The van der Waals surface area contributed by atoms with Crippen molar-refractivity contribution in [1.82, 2.24) is 4.90 Å². The molecule has 1 aromatic heterocycles. The molecule has 2 aliphatic heterocycles. The highest BCUT2D eigenvalue weighted by molar-refractivity contribution is 7.11. The fourth-order valence-corrected chi connectivity index (χ4v) is 4.15. The molecule has 0 radical (unpaired) electrons. The molecule has 1 atom stereocenters. The van der Waals surface area contributed by atoms with Crippen molar-refractivity contribution in [3.05, 3.63) is 63.9 Å². The average Bonchev–Trinajstić information content (AvgIpc) is 2.97. The lowest BCUT2D eigenvalue weighted by Crippen LogP contribution is -2.40. The number of thiophene rings is 1. The van der Waals surface area contributed by atoms with Gasteiger partial charge >= 0.3 is 0 Å². The number of allylic oxidation sites excluding steroid dienone is 1. The van der Waals surface area contributed by atoms with Gasteiger partial charge in [-0.05, 0) is 35.4 Å². The van der Waals surface area contributed by atoms with Gasteiger partial charge in [0.25, 0.3) is 0 Å². The quantitative estimate of drug-likeness (QED) is 0.781. The van der Waals surface area contributed by atoms with Gasteiger partial charge < -0.3 is 4.90 Å². The number of benzene rings is 1. The summed E-state index contributed by atoms with van der Waals surface area (Å²) in [7, 11) is 0.